The lowest BCUT2D eigenvalue weighted by Gasteiger charge is -2.23. The Balaban J connectivity index is 1.74. The molecule has 1 N–H and O–H groups in total. The largest absolute Gasteiger partial charge is 0.416 e. The zero-order valence-electron chi connectivity index (χ0n) is 16.3. The summed E-state index contributed by atoms with van der Waals surface area (Å²) >= 11 is 0. The van der Waals surface area contributed by atoms with Gasteiger partial charge in [0.15, 0.2) is 0 Å². The van der Waals surface area contributed by atoms with Crippen molar-refractivity contribution >= 4 is 11.7 Å². The molecule has 0 aliphatic heterocycles. The first kappa shape index (κ1) is 21.2. The molecule has 156 valence electrons. The summed E-state index contributed by atoms with van der Waals surface area (Å²) in [5.41, 5.74) is 1.34. The van der Waals surface area contributed by atoms with E-state index in [-0.39, 0.29) is 19.1 Å². The molecule has 2 amide bonds. The Morgan fingerprint density at radius 3 is 2.53 bits per heavy atom. The highest BCUT2D eigenvalue weighted by molar-refractivity contribution is 5.89. The van der Waals surface area contributed by atoms with E-state index in [2.05, 4.69) is 11.9 Å². The Bertz CT molecular complexity index is 996. The minimum Gasteiger partial charge on any atom is -0.345 e. The van der Waals surface area contributed by atoms with Crippen molar-refractivity contribution in [1.82, 2.24) is 9.47 Å². The molecule has 0 spiro atoms. The third kappa shape index (κ3) is 5.53. The number of hydrogen-bond donors (Lipinski definition) is 1. The van der Waals surface area contributed by atoms with E-state index in [1.165, 1.54) is 6.07 Å². The molecule has 7 heteroatoms. The van der Waals surface area contributed by atoms with Crippen molar-refractivity contribution in [1.29, 1.82) is 0 Å². The van der Waals surface area contributed by atoms with E-state index in [0.717, 1.165) is 17.8 Å². The van der Waals surface area contributed by atoms with Gasteiger partial charge in [0, 0.05) is 30.7 Å². The number of carbonyl (C=O) groups is 1. The summed E-state index contributed by atoms with van der Waals surface area (Å²) in [6, 6.07) is 17.7. The molecule has 0 bridgehead atoms. The number of rotatable bonds is 7. The van der Waals surface area contributed by atoms with Crippen molar-refractivity contribution < 1.29 is 18.0 Å². The van der Waals surface area contributed by atoms with Gasteiger partial charge in [0.05, 0.1) is 12.1 Å². The van der Waals surface area contributed by atoms with Crippen LogP contribution < -0.4 is 5.32 Å². The van der Waals surface area contributed by atoms with Gasteiger partial charge >= 0.3 is 12.2 Å². The van der Waals surface area contributed by atoms with Crippen LogP contribution in [0.15, 0.2) is 85.6 Å². The Labute approximate surface area is 173 Å². The molecule has 0 aliphatic rings. The minimum atomic E-state index is -4.38. The predicted molar refractivity (Wildman–Crippen MR) is 111 cm³/mol. The van der Waals surface area contributed by atoms with Gasteiger partial charge in [0.25, 0.3) is 0 Å². The van der Waals surface area contributed by atoms with Gasteiger partial charge in [0.2, 0.25) is 0 Å². The smallest absolute Gasteiger partial charge is 0.345 e. The molecule has 1 heterocycles. The zero-order valence-corrected chi connectivity index (χ0v) is 16.3. The number of hydrogen-bond acceptors (Lipinski definition) is 1. The number of halogens is 3. The minimum absolute atomic E-state index is 0.272. The molecule has 0 atom stereocenters. The van der Waals surface area contributed by atoms with E-state index in [1.54, 1.807) is 35.4 Å². The fourth-order valence-electron chi connectivity index (χ4n) is 3.08. The fourth-order valence-corrected chi connectivity index (χ4v) is 3.08. The van der Waals surface area contributed by atoms with Gasteiger partial charge in [-0.1, -0.05) is 36.4 Å². The Hall–Kier alpha value is -3.48. The van der Waals surface area contributed by atoms with E-state index < -0.39 is 11.7 Å². The van der Waals surface area contributed by atoms with Crippen LogP contribution in [0.3, 0.4) is 0 Å². The molecule has 1 aromatic heterocycles. The Kier molecular flexibility index (Phi) is 6.61. The number of alkyl halides is 3. The highest BCUT2D eigenvalue weighted by atomic mass is 19.4. The third-order valence-electron chi connectivity index (χ3n) is 4.55. The maximum atomic E-state index is 13.0. The average Bonchev–Trinajstić information content (AvgIpc) is 3.14. The zero-order chi connectivity index (χ0) is 21.6. The number of carbonyl (C=O) groups excluding carboxylic acids is 1. The number of benzene rings is 2. The van der Waals surface area contributed by atoms with Crippen molar-refractivity contribution in [2.75, 3.05) is 11.9 Å². The second kappa shape index (κ2) is 9.35. The summed E-state index contributed by atoms with van der Waals surface area (Å²) < 4.78 is 40.8. The van der Waals surface area contributed by atoms with Gasteiger partial charge in [-0.15, -0.1) is 6.58 Å². The molecular weight excluding hydrogens is 391 g/mol. The van der Waals surface area contributed by atoms with Crippen molar-refractivity contribution in [3.05, 3.63) is 102 Å². The number of nitrogens with zero attached hydrogens (tertiary/aromatic N) is 2. The molecule has 0 saturated carbocycles. The van der Waals surface area contributed by atoms with Crippen molar-refractivity contribution in [3.63, 3.8) is 0 Å². The van der Waals surface area contributed by atoms with Crippen LogP contribution in [-0.2, 0) is 19.3 Å². The van der Waals surface area contributed by atoms with Crippen LogP contribution in [0.1, 0.15) is 16.8 Å². The molecule has 0 saturated heterocycles. The van der Waals surface area contributed by atoms with Crippen LogP contribution in [0.2, 0.25) is 0 Å². The predicted octanol–water partition coefficient (Wildman–Crippen LogP) is 5.78. The molecule has 2 aromatic carbocycles. The van der Waals surface area contributed by atoms with Crippen molar-refractivity contribution in [2.45, 2.75) is 19.3 Å². The fraction of sp³-hybridized carbons (Fsp3) is 0.174. The molecule has 0 aliphatic carbocycles. The van der Waals surface area contributed by atoms with E-state index >= 15 is 0 Å². The van der Waals surface area contributed by atoms with Gasteiger partial charge in [-0.25, -0.2) is 4.79 Å². The molecule has 4 nitrogen and oxygen atoms in total. The van der Waals surface area contributed by atoms with Gasteiger partial charge in [0.1, 0.15) is 0 Å². The lowest BCUT2D eigenvalue weighted by Crippen LogP contribution is -2.35. The van der Waals surface area contributed by atoms with Crippen LogP contribution >= 0.6 is 0 Å². The van der Waals surface area contributed by atoms with Gasteiger partial charge in [-0.2, -0.15) is 13.2 Å². The summed E-state index contributed by atoms with van der Waals surface area (Å²) in [7, 11) is 0. The van der Waals surface area contributed by atoms with Crippen LogP contribution in [0.5, 0.6) is 0 Å². The molecule has 30 heavy (non-hydrogen) atoms. The lowest BCUT2D eigenvalue weighted by atomic mass is 10.1. The van der Waals surface area contributed by atoms with Gasteiger partial charge < -0.3 is 14.8 Å². The van der Waals surface area contributed by atoms with Crippen LogP contribution in [0.25, 0.3) is 0 Å². The Morgan fingerprint density at radius 2 is 1.83 bits per heavy atom. The standard InChI is InChI=1S/C23H22F3N3O/c1-2-13-29(22(30)27-20-10-4-3-5-11-20)17-21-12-7-14-28(21)16-18-8-6-9-19(15-18)23(24,25)26/h2-12,14-15H,1,13,16-17H2,(H,27,30). The number of aromatic nitrogens is 1. The monoisotopic (exact) mass is 413 g/mol. The molecule has 0 fully saturated rings. The van der Waals surface area contributed by atoms with E-state index in [1.807, 2.05) is 34.9 Å². The molecule has 3 aromatic rings. The normalized spacial score (nSPS) is 11.2. The maximum absolute atomic E-state index is 13.0. The number of anilines is 1. The number of para-hydroxylation sites is 1. The lowest BCUT2D eigenvalue weighted by molar-refractivity contribution is -0.137. The van der Waals surface area contributed by atoms with E-state index in [0.29, 0.717) is 17.8 Å². The molecular formula is C23H22F3N3O. The van der Waals surface area contributed by atoms with Crippen LogP contribution in [-0.4, -0.2) is 22.0 Å². The SMILES string of the molecule is C=CCN(Cc1cccn1Cc1cccc(C(F)(F)F)c1)C(=O)Nc1ccccc1. The average molecular weight is 413 g/mol. The molecule has 3 rings (SSSR count). The number of amides is 2. The van der Waals surface area contributed by atoms with Crippen molar-refractivity contribution in [3.8, 4) is 0 Å². The van der Waals surface area contributed by atoms with Gasteiger partial charge in [-0.05, 0) is 42.0 Å². The van der Waals surface area contributed by atoms with E-state index in [9.17, 15) is 18.0 Å². The first-order valence-corrected chi connectivity index (χ1v) is 9.39. The first-order valence-electron chi connectivity index (χ1n) is 9.39. The second-order valence-corrected chi connectivity index (χ2v) is 6.79. The topological polar surface area (TPSA) is 37.3 Å². The summed E-state index contributed by atoms with van der Waals surface area (Å²) in [6.45, 7) is 4.59. The quantitative estimate of drug-likeness (QED) is 0.490. The summed E-state index contributed by atoms with van der Waals surface area (Å²) in [6.07, 6.45) is -0.965. The molecule has 0 unspecified atom stereocenters. The number of urea groups is 1. The summed E-state index contributed by atoms with van der Waals surface area (Å²) in [4.78, 5) is 14.3. The van der Waals surface area contributed by atoms with Crippen molar-refractivity contribution in [2.24, 2.45) is 0 Å². The summed E-state index contributed by atoms with van der Waals surface area (Å²) in [5, 5.41) is 2.84. The molecule has 0 radical (unpaired) electrons. The maximum Gasteiger partial charge on any atom is 0.416 e. The van der Waals surface area contributed by atoms with E-state index in [4.69, 9.17) is 0 Å². The number of nitrogens with one attached hydrogen (secondary N) is 1. The highest BCUT2D eigenvalue weighted by Crippen LogP contribution is 2.29. The highest BCUT2D eigenvalue weighted by Gasteiger charge is 2.30. The van der Waals surface area contributed by atoms with Crippen LogP contribution in [0.4, 0.5) is 23.7 Å². The summed E-state index contributed by atoms with van der Waals surface area (Å²) in [5.74, 6) is 0. The van der Waals surface area contributed by atoms with Crippen LogP contribution in [0, 0.1) is 0 Å². The Morgan fingerprint density at radius 1 is 1.07 bits per heavy atom. The van der Waals surface area contributed by atoms with Gasteiger partial charge in [-0.3, -0.25) is 0 Å². The second-order valence-electron chi connectivity index (χ2n) is 6.79. The third-order valence-corrected chi connectivity index (χ3v) is 4.55. The first-order chi connectivity index (χ1) is 14.4.